The summed E-state index contributed by atoms with van der Waals surface area (Å²) in [5.74, 6) is 0. The quantitative estimate of drug-likeness (QED) is 0.695. The van der Waals surface area contributed by atoms with Crippen LogP contribution in [0.5, 0.6) is 0 Å². The molecule has 3 nitrogen and oxygen atoms in total. The average Bonchev–Trinajstić information content (AvgIpc) is 2.60. The molecule has 0 aliphatic carbocycles. The standard InChI is InChI=1S/C11H21NO2/c1-2-9-7-11(4-6-14-9)3-5-12-10(11)8-13/h9-10,12-13H,2-8H2,1H3. The second kappa shape index (κ2) is 4.17. The molecule has 3 atom stereocenters. The molecule has 82 valence electrons. The summed E-state index contributed by atoms with van der Waals surface area (Å²) < 4.78 is 5.70. The van der Waals surface area contributed by atoms with Crippen LogP contribution in [-0.2, 0) is 4.74 Å². The third-order valence-electron chi connectivity index (χ3n) is 3.98. The van der Waals surface area contributed by atoms with Crippen LogP contribution in [-0.4, -0.2) is 37.0 Å². The van der Waals surface area contributed by atoms with E-state index in [9.17, 15) is 5.11 Å². The van der Waals surface area contributed by atoms with Crippen LogP contribution in [0.15, 0.2) is 0 Å². The minimum Gasteiger partial charge on any atom is -0.395 e. The van der Waals surface area contributed by atoms with Gasteiger partial charge in [-0.05, 0) is 37.6 Å². The Morgan fingerprint density at radius 3 is 3.07 bits per heavy atom. The molecule has 2 saturated heterocycles. The number of hydrogen-bond acceptors (Lipinski definition) is 3. The fourth-order valence-corrected chi connectivity index (χ4v) is 2.99. The van der Waals surface area contributed by atoms with Gasteiger partial charge in [-0.2, -0.15) is 0 Å². The molecule has 0 amide bonds. The Balaban J connectivity index is 2.05. The Bertz CT molecular complexity index is 198. The Labute approximate surface area is 85.8 Å². The molecule has 0 aromatic heterocycles. The Morgan fingerprint density at radius 1 is 1.50 bits per heavy atom. The highest BCUT2D eigenvalue weighted by atomic mass is 16.5. The van der Waals surface area contributed by atoms with Gasteiger partial charge in [-0.25, -0.2) is 0 Å². The zero-order chi connectivity index (χ0) is 10.0. The number of nitrogens with one attached hydrogen (secondary N) is 1. The van der Waals surface area contributed by atoms with Crippen LogP contribution in [0.2, 0.25) is 0 Å². The summed E-state index contributed by atoms with van der Waals surface area (Å²) in [5.41, 5.74) is 0.327. The van der Waals surface area contributed by atoms with E-state index in [0.29, 0.717) is 17.6 Å². The summed E-state index contributed by atoms with van der Waals surface area (Å²) in [5, 5.41) is 12.7. The van der Waals surface area contributed by atoms with Crippen molar-refractivity contribution in [1.29, 1.82) is 0 Å². The van der Waals surface area contributed by atoms with Crippen molar-refractivity contribution < 1.29 is 9.84 Å². The normalized spacial score (nSPS) is 43.3. The summed E-state index contributed by atoms with van der Waals surface area (Å²) in [6.07, 6.45) is 4.96. The molecular formula is C11H21NO2. The molecule has 2 N–H and O–H groups in total. The lowest BCUT2D eigenvalue weighted by atomic mass is 9.72. The smallest absolute Gasteiger partial charge is 0.0590 e. The van der Waals surface area contributed by atoms with Crippen molar-refractivity contribution in [2.24, 2.45) is 5.41 Å². The zero-order valence-electron chi connectivity index (χ0n) is 8.96. The van der Waals surface area contributed by atoms with Crippen LogP contribution >= 0.6 is 0 Å². The second-order valence-electron chi connectivity index (χ2n) is 4.66. The van der Waals surface area contributed by atoms with Gasteiger partial charge < -0.3 is 15.2 Å². The summed E-state index contributed by atoms with van der Waals surface area (Å²) in [7, 11) is 0. The molecule has 2 aliphatic heterocycles. The predicted molar refractivity (Wildman–Crippen MR) is 55.2 cm³/mol. The molecule has 0 aromatic rings. The van der Waals surface area contributed by atoms with E-state index in [2.05, 4.69) is 12.2 Å². The number of aliphatic hydroxyl groups excluding tert-OH is 1. The van der Waals surface area contributed by atoms with E-state index in [4.69, 9.17) is 4.74 Å². The number of rotatable bonds is 2. The topological polar surface area (TPSA) is 41.5 Å². The van der Waals surface area contributed by atoms with E-state index in [1.165, 1.54) is 6.42 Å². The van der Waals surface area contributed by atoms with Crippen molar-refractivity contribution in [3.05, 3.63) is 0 Å². The average molecular weight is 199 g/mol. The van der Waals surface area contributed by atoms with Crippen LogP contribution in [0.25, 0.3) is 0 Å². The van der Waals surface area contributed by atoms with Gasteiger partial charge in [0.15, 0.2) is 0 Å². The summed E-state index contributed by atoms with van der Waals surface area (Å²) in [4.78, 5) is 0. The highest BCUT2D eigenvalue weighted by Gasteiger charge is 2.45. The third-order valence-corrected chi connectivity index (χ3v) is 3.98. The van der Waals surface area contributed by atoms with Crippen LogP contribution in [0.1, 0.15) is 32.6 Å². The molecule has 0 radical (unpaired) electrons. The van der Waals surface area contributed by atoms with Crippen molar-refractivity contribution in [2.45, 2.75) is 44.8 Å². The van der Waals surface area contributed by atoms with E-state index >= 15 is 0 Å². The van der Waals surface area contributed by atoms with Gasteiger partial charge in [0, 0.05) is 12.6 Å². The molecule has 14 heavy (non-hydrogen) atoms. The van der Waals surface area contributed by atoms with Crippen molar-refractivity contribution in [3.63, 3.8) is 0 Å². The van der Waals surface area contributed by atoms with E-state index in [-0.39, 0.29) is 6.61 Å². The first-order chi connectivity index (χ1) is 6.80. The zero-order valence-corrected chi connectivity index (χ0v) is 8.96. The second-order valence-corrected chi connectivity index (χ2v) is 4.66. The Morgan fingerprint density at radius 2 is 2.36 bits per heavy atom. The van der Waals surface area contributed by atoms with Gasteiger partial charge in [0.05, 0.1) is 12.7 Å². The third kappa shape index (κ3) is 1.69. The number of hydrogen-bond donors (Lipinski definition) is 2. The van der Waals surface area contributed by atoms with E-state index in [1.54, 1.807) is 0 Å². The molecule has 0 saturated carbocycles. The number of aliphatic hydroxyl groups is 1. The lowest BCUT2D eigenvalue weighted by Gasteiger charge is -2.41. The molecule has 3 unspecified atom stereocenters. The maximum atomic E-state index is 9.34. The fraction of sp³-hybridized carbons (Fsp3) is 1.00. The summed E-state index contributed by atoms with van der Waals surface area (Å²) in [6, 6.07) is 0.306. The van der Waals surface area contributed by atoms with Gasteiger partial charge in [0.1, 0.15) is 0 Å². The van der Waals surface area contributed by atoms with Crippen molar-refractivity contribution in [1.82, 2.24) is 5.32 Å². The van der Waals surface area contributed by atoms with Gasteiger partial charge >= 0.3 is 0 Å². The van der Waals surface area contributed by atoms with Crippen LogP contribution in [0.3, 0.4) is 0 Å². The van der Waals surface area contributed by atoms with Gasteiger partial charge in [-0.1, -0.05) is 6.92 Å². The van der Waals surface area contributed by atoms with Crippen LogP contribution in [0.4, 0.5) is 0 Å². The van der Waals surface area contributed by atoms with Crippen molar-refractivity contribution in [2.75, 3.05) is 19.8 Å². The molecule has 2 heterocycles. The molecule has 1 spiro atoms. The Kier molecular flexibility index (Phi) is 3.10. The molecule has 3 heteroatoms. The molecular weight excluding hydrogens is 178 g/mol. The molecule has 2 aliphatic rings. The fourth-order valence-electron chi connectivity index (χ4n) is 2.99. The van der Waals surface area contributed by atoms with E-state index in [1.807, 2.05) is 0 Å². The molecule has 2 fully saturated rings. The highest BCUT2D eigenvalue weighted by Crippen LogP contribution is 2.43. The predicted octanol–water partition coefficient (Wildman–Crippen LogP) is 0.916. The first-order valence-corrected chi connectivity index (χ1v) is 5.76. The minimum atomic E-state index is 0.274. The van der Waals surface area contributed by atoms with Crippen LogP contribution < -0.4 is 5.32 Å². The lowest BCUT2D eigenvalue weighted by molar-refractivity contribution is -0.0593. The van der Waals surface area contributed by atoms with Gasteiger partial charge in [-0.3, -0.25) is 0 Å². The SMILES string of the molecule is CCC1CC2(CCNC2CO)CCO1. The Hall–Kier alpha value is -0.120. The largest absolute Gasteiger partial charge is 0.395 e. The maximum Gasteiger partial charge on any atom is 0.0590 e. The molecule has 0 aromatic carbocycles. The summed E-state index contributed by atoms with van der Waals surface area (Å²) in [6.45, 7) is 4.38. The van der Waals surface area contributed by atoms with Gasteiger partial charge in [0.25, 0.3) is 0 Å². The van der Waals surface area contributed by atoms with E-state index in [0.717, 1.165) is 32.4 Å². The van der Waals surface area contributed by atoms with Crippen molar-refractivity contribution in [3.8, 4) is 0 Å². The van der Waals surface area contributed by atoms with Gasteiger partial charge in [0.2, 0.25) is 0 Å². The van der Waals surface area contributed by atoms with Crippen molar-refractivity contribution >= 4 is 0 Å². The molecule has 0 bridgehead atoms. The monoisotopic (exact) mass is 199 g/mol. The minimum absolute atomic E-state index is 0.274. The first-order valence-electron chi connectivity index (χ1n) is 5.76. The number of ether oxygens (including phenoxy) is 1. The lowest BCUT2D eigenvalue weighted by Crippen LogP contribution is -2.45. The molecule has 2 rings (SSSR count). The van der Waals surface area contributed by atoms with E-state index < -0.39 is 0 Å². The highest BCUT2D eigenvalue weighted by molar-refractivity contribution is 4.99. The maximum absolute atomic E-state index is 9.34. The first kappa shape index (κ1) is 10.4. The summed E-state index contributed by atoms with van der Waals surface area (Å²) >= 11 is 0. The van der Waals surface area contributed by atoms with Gasteiger partial charge in [-0.15, -0.1) is 0 Å². The van der Waals surface area contributed by atoms with Crippen LogP contribution in [0, 0.1) is 5.41 Å².